The number of hydrogen-bond donors (Lipinski definition) is 2. The lowest BCUT2D eigenvalue weighted by atomic mass is 10.1. The molecule has 0 unspecified atom stereocenters. The minimum Gasteiger partial charge on any atom is -0.461 e. The van der Waals surface area contributed by atoms with Crippen LogP contribution in [0.15, 0.2) is 72.8 Å². The van der Waals surface area contributed by atoms with Crippen molar-refractivity contribution in [3.8, 4) is 33.8 Å². The molecule has 0 radical (unpaired) electrons. The molecular formula is C23H19FN2O2. The highest BCUT2D eigenvalue weighted by Gasteiger charge is 2.20. The molecule has 0 spiro atoms. The topological polar surface area (TPSA) is 57.9 Å². The first-order valence-corrected chi connectivity index (χ1v) is 9.06. The zero-order valence-electron chi connectivity index (χ0n) is 15.3. The number of carbonyl (C=O) groups is 1. The molecule has 2 aromatic heterocycles. The van der Waals surface area contributed by atoms with Gasteiger partial charge in [-0.05, 0) is 60.5 Å². The molecule has 0 aliphatic rings. The van der Waals surface area contributed by atoms with Crippen LogP contribution in [0, 0.1) is 5.82 Å². The quantitative estimate of drug-likeness (QED) is 0.443. The maximum absolute atomic E-state index is 13.2. The fourth-order valence-electron chi connectivity index (χ4n) is 3.15. The summed E-state index contributed by atoms with van der Waals surface area (Å²) in [5, 5.41) is 0. The summed E-state index contributed by atoms with van der Waals surface area (Å²) >= 11 is 0. The van der Waals surface area contributed by atoms with Crippen molar-refractivity contribution in [3.63, 3.8) is 0 Å². The summed E-state index contributed by atoms with van der Waals surface area (Å²) in [6, 6.07) is 21.8. The van der Waals surface area contributed by atoms with Gasteiger partial charge >= 0.3 is 5.97 Å². The van der Waals surface area contributed by atoms with Crippen LogP contribution in [-0.2, 0) is 4.74 Å². The lowest BCUT2D eigenvalue weighted by molar-refractivity contribution is 0.0521. The van der Waals surface area contributed by atoms with E-state index in [9.17, 15) is 9.18 Å². The monoisotopic (exact) mass is 374 g/mol. The SMILES string of the molecule is CCOC(=O)c1[nH]c(-c2ccccc2)cc1-c1ccc(-c2ccc(F)cc2)[nH]1. The standard InChI is InChI=1S/C23H19FN2O2/c1-2-28-23(27)22-18(14-21(26-22)15-6-4-3-5-7-15)20-13-12-19(25-20)16-8-10-17(24)11-9-16/h3-14,25-26H,2H2,1H3. The summed E-state index contributed by atoms with van der Waals surface area (Å²) in [5.41, 5.74) is 5.41. The molecule has 140 valence electrons. The first kappa shape index (κ1) is 17.8. The Morgan fingerprint density at radius 2 is 1.54 bits per heavy atom. The third-order valence-electron chi connectivity index (χ3n) is 4.51. The van der Waals surface area contributed by atoms with Gasteiger partial charge in [-0.3, -0.25) is 0 Å². The summed E-state index contributed by atoms with van der Waals surface area (Å²) in [5.74, 6) is -0.684. The molecule has 5 heteroatoms. The Kier molecular flexibility index (Phi) is 4.81. The van der Waals surface area contributed by atoms with Gasteiger partial charge in [-0.2, -0.15) is 0 Å². The number of benzene rings is 2. The fourth-order valence-corrected chi connectivity index (χ4v) is 3.15. The first-order chi connectivity index (χ1) is 13.7. The molecule has 2 heterocycles. The van der Waals surface area contributed by atoms with Crippen molar-refractivity contribution in [3.05, 3.63) is 84.3 Å². The molecule has 28 heavy (non-hydrogen) atoms. The van der Waals surface area contributed by atoms with E-state index in [0.717, 1.165) is 33.8 Å². The zero-order chi connectivity index (χ0) is 19.5. The van der Waals surface area contributed by atoms with Gasteiger partial charge < -0.3 is 14.7 Å². The maximum atomic E-state index is 13.2. The molecule has 2 aromatic carbocycles. The molecule has 0 aliphatic heterocycles. The summed E-state index contributed by atoms with van der Waals surface area (Å²) in [6.45, 7) is 2.07. The van der Waals surface area contributed by atoms with E-state index < -0.39 is 5.97 Å². The third-order valence-corrected chi connectivity index (χ3v) is 4.51. The molecule has 4 aromatic rings. The van der Waals surface area contributed by atoms with Crippen LogP contribution >= 0.6 is 0 Å². The van der Waals surface area contributed by atoms with Crippen LogP contribution < -0.4 is 0 Å². The van der Waals surface area contributed by atoms with E-state index >= 15 is 0 Å². The van der Waals surface area contributed by atoms with E-state index in [2.05, 4.69) is 9.97 Å². The first-order valence-electron chi connectivity index (χ1n) is 9.06. The van der Waals surface area contributed by atoms with Crippen LogP contribution in [0.5, 0.6) is 0 Å². The molecule has 0 atom stereocenters. The van der Waals surface area contributed by atoms with E-state index in [1.165, 1.54) is 12.1 Å². The smallest absolute Gasteiger partial charge is 0.355 e. The Morgan fingerprint density at radius 3 is 2.25 bits per heavy atom. The Balaban J connectivity index is 1.77. The fraction of sp³-hybridized carbons (Fsp3) is 0.0870. The van der Waals surface area contributed by atoms with Gasteiger partial charge in [0.05, 0.1) is 6.61 Å². The van der Waals surface area contributed by atoms with Gasteiger partial charge in [0.1, 0.15) is 11.5 Å². The molecule has 4 rings (SSSR count). The summed E-state index contributed by atoms with van der Waals surface area (Å²) in [7, 11) is 0. The molecule has 2 N–H and O–H groups in total. The second-order valence-corrected chi connectivity index (χ2v) is 6.35. The van der Waals surface area contributed by atoms with Crippen molar-refractivity contribution in [2.24, 2.45) is 0 Å². The second-order valence-electron chi connectivity index (χ2n) is 6.35. The summed E-state index contributed by atoms with van der Waals surface area (Å²) < 4.78 is 18.4. The zero-order valence-corrected chi connectivity index (χ0v) is 15.3. The summed E-state index contributed by atoms with van der Waals surface area (Å²) in [4.78, 5) is 19.0. The Bertz CT molecular complexity index is 1100. The number of halogens is 1. The number of rotatable bonds is 5. The number of nitrogens with one attached hydrogen (secondary N) is 2. The molecule has 0 aliphatic carbocycles. The van der Waals surface area contributed by atoms with Crippen LogP contribution in [0.2, 0.25) is 0 Å². The predicted molar refractivity (Wildman–Crippen MR) is 107 cm³/mol. The molecule has 0 bridgehead atoms. The van der Waals surface area contributed by atoms with Crippen molar-refractivity contribution in [2.45, 2.75) is 6.92 Å². The van der Waals surface area contributed by atoms with E-state index in [-0.39, 0.29) is 5.82 Å². The number of aromatic nitrogens is 2. The Labute approximate surface area is 162 Å². The lowest BCUT2D eigenvalue weighted by Gasteiger charge is -2.03. The average molecular weight is 374 g/mol. The van der Waals surface area contributed by atoms with Crippen LogP contribution in [0.1, 0.15) is 17.4 Å². The Hall–Kier alpha value is -3.60. The molecule has 4 nitrogen and oxygen atoms in total. The van der Waals surface area contributed by atoms with Crippen molar-refractivity contribution >= 4 is 5.97 Å². The molecular weight excluding hydrogens is 355 g/mol. The molecule has 0 fully saturated rings. The molecule has 0 saturated heterocycles. The second kappa shape index (κ2) is 7.56. The summed E-state index contributed by atoms with van der Waals surface area (Å²) in [6.07, 6.45) is 0. The van der Waals surface area contributed by atoms with Gasteiger partial charge in [-0.1, -0.05) is 30.3 Å². The number of carbonyl (C=O) groups excluding carboxylic acids is 1. The normalized spacial score (nSPS) is 10.8. The number of H-pyrrole nitrogens is 2. The van der Waals surface area contributed by atoms with Gasteiger partial charge in [0, 0.05) is 22.6 Å². The van der Waals surface area contributed by atoms with E-state index in [0.29, 0.717) is 12.3 Å². The van der Waals surface area contributed by atoms with Gasteiger partial charge in [0.15, 0.2) is 0 Å². The minimum atomic E-state index is -0.405. The maximum Gasteiger partial charge on any atom is 0.355 e. The van der Waals surface area contributed by atoms with Crippen LogP contribution in [0.4, 0.5) is 4.39 Å². The highest BCUT2D eigenvalue weighted by Crippen LogP contribution is 2.31. The number of ether oxygens (including phenoxy) is 1. The third kappa shape index (κ3) is 3.47. The minimum absolute atomic E-state index is 0.279. The van der Waals surface area contributed by atoms with Gasteiger partial charge in [0.2, 0.25) is 0 Å². The number of esters is 1. The number of hydrogen-bond acceptors (Lipinski definition) is 2. The van der Waals surface area contributed by atoms with Crippen molar-refractivity contribution in [1.29, 1.82) is 0 Å². The van der Waals surface area contributed by atoms with E-state index in [1.807, 2.05) is 48.5 Å². The Morgan fingerprint density at radius 1 is 0.857 bits per heavy atom. The van der Waals surface area contributed by atoms with E-state index in [1.54, 1.807) is 19.1 Å². The van der Waals surface area contributed by atoms with Crippen molar-refractivity contribution < 1.29 is 13.9 Å². The highest BCUT2D eigenvalue weighted by molar-refractivity contribution is 5.97. The highest BCUT2D eigenvalue weighted by atomic mass is 19.1. The lowest BCUT2D eigenvalue weighted by Crippen LogP contribution is -2.06. The van der Waals surface area contributed by atoms with Crippen molar-refractivity contribution in [2.75, 3.05) is 6.61 Å². The van der Waals surface area contributed by atoms with Crippen LogP contribution in [0.25, 0.3) is 33.8 Å². The van der Waals surface area contributed by atoms with Crippen LogP contribution in [0.3, 0.4) is 0 Å². The molecule has 0 amide bonds. The largest absolute Gasteiger partial charge is 0.461 e. The van der Waals surface area contributed by atoms with Crippen LogP contribution in [-0.4, -0.2) is 22.5 Å². The van der Waals surface area contributed by atoms with Gasteiger partial charge in [-0.25, -0.2) is 9.18 Å². The van der Waals surface area contributed by atoms with E-state index in [4.69, 9.17) is 4.74 Å². The van der Waals surface area contributed by atoms with Crippen molar-refractivity contribution in [1.82, 2.24) is 9.97 Å². The van der Waals surface area contributed by atoms with Gasteiger partial charge in [-0.15, -0.1) is 0 Å². The molecule has 0 saturated carbocycles. The number of aromatic amines is 2. The average Bonchev–Trinajstić information content (AvgIpc) is 3.37. The predicted octanol–water partition coefficient (Wildman–Crippen LogP) is 5.66. The van der Waals surface area contributed by atoms with Gasteiger partial charge in [0.25, 0.3) is 0 Å².